The first kappa shape index (κ1) is 27.9. The number of benzene rings is 1. The lowest BCUT2D eigenvalue weighted by Gasteiger charge is -2.31. The van der Waals surface area contributed by atoms with Crippen LogP contribution in [0.25, 0.3) is 16.8 Å². The molecule has 0 atom stereocenters. The van der Waals surface area contributed by atoms with Crippen LogP contribution in [0, 0.1) is 0 Å². The molecule has 38 heavy (non-hydrogen) atoms. The van der Waals surface area contributed by atoms with Crippen molar-refractivity contribution in [3.8, 4) is 11.1 Å². The Morgan fingerprint density at radius 2 is 2.05 bits per heavy atom. The summed E-state index contributed by atoms with van der Waals surface area (Å²) in [7, 11) is 1.81. The van der Waals surface area contributed by atoms with E-state index in [1.807, 2.05) is 25.2 Å². The molecule has 2 aromatic rings. The number of likely N-dealkylation sites (N-methyl/N-ethyl adjacent to an activating group) is 1. The van der Waals surface area contributed by atoms with E-state index < -0.39 is 6.09 Å². The first-order chi connectivity index (χ1) is 18.2. The monoisotopic (exact) mass is 518 g/mol. The molecule has 0 aliphatic carbocycles. The van der Waals surface area contributed by atoms with Gasteiger partial charge in [0.15, 0.2) is 0 Å². The number of anilines is 2. The molecule has 0 saturated carbocycles. The molecule has 200 valence electrons. The highest BCUT2D eigenvalue weighted by Gasteiger charge is 2.21. The van der Waals surface area contributed by atoms with Crippen LogP contribution in [-0.2, 0) is 16.1 Å². The maximum absolute atomic E-state index is 12.0. The van der Waals surface area contributed by atoms with E-state index in [0.717, 1.165) is 23.4 Å². The molecule has 2 heterocycles. The molecule has 1 saturated heterocycles. The summed E-state index contributed by atoms with van der Waals surface area (Å²) >= 11 is 0. The predicted octanol–water partition coefficient (Wildman–Crippen LogP) is 2.75. The van der Waals surface area contributed by atoms with Crippen molar-refractivity contribution in [2.24, 2.45) is 10.7 Å². The number of piperazine rings is 1. The van der Waals surface area contributed by atoms with Gasteiger partial charge in [-0.15, -0.1) is 0 Å². The quantitative estimate of drug-likeness (QED) is 0.277. The number of carbonyl (C=O) groups excluding carboxylic acids is 2. The van der Waals surface area contributed by atoms with Gasteiger partial charge in [0.05, 0.1) is 35.9 Å². The van der Waals surface area contributed by atoms with Gasteiger partial charge in [0.1, 0.15) is 5.82 Å². The van der Waals surface area contributed by atoms with Crippen LogP contribution in [0.5, 0.6) is 0 Å². The van der Waals surface area contributed by atoms with Gasteiger partial charge in [-0.1, -0.05) is 19.2 Å². The summed E-state index contributed by atoms with van der Waals surface area (Å²) in [5.74, 6) is 0.283. The average Bonchev–Trinajstić information content (AvgIpc) is 2.88. The van der Waals surface area contributed by atoms with E-state index >= 15 is 0 Å². The summed E-state index contributed by atoms with van der Waals surface area (Å²) in [6.45, 7) is 12.3. The van der Waals surface area contributed by atoms with Gasteiger partial charge >= 0.3 is 6.09 Å². The molecule has 0 radical (unpaired) electrons. The van der Waals surface area contributed by atoms with Crippen LogP contribution in [-0.4, -0.2) is 66.3 Å². The minimum absolute atomic E-state index is 0.106. The number of amides is 2. The number of hydrogen-bond donors (Lipinski definition) is 4. The van der Waals surface area contributed by atoms with Crippen molar-refractivity contribution in [1.29, 1.82) is 0 Å². The number of nitrogen functional groups attached to an aromatic ring is 1. The molecule has 1 aliphatic heterocycles. The smallest absolute Gasteiger partial charge is 0.412 e. The van der Waals surface area contributed by atoms with Gasteiger partial charge in [-0.2, -0.15) is 0 Å². The fourth-order valence-corrected chi connectivity index (χ4v) is 3.78. The second kappa shape index (κ2) is 13.1. The third-order valence-electron chi connectivity index (χ3n) is 5.79. The zero-order valence-electron chi connectivity index (χ0n) is 21.7. The summed E-state index contributed by atoms with van der Waals surface area (Å²) < 4.78 is 4.90. The highest BCUT2D eigenvalue weighted by atomic mass is 16.5. The fraction of sp³-hybridized carbons (Fsp3) is 0.259. The van der Waals surface area contributed by atoms with Crippen LogP contribution in [0.3, 0.4) is 0 Å². The van der Waals surface area contributed by atoms with Crippen molar-refractivity contribution in [3.05, 3.63) is 73.0 Å². The summed E-state index contributed by atoms with van der Waals surface area (Å²) in [5.41, 5.74) is 16.2. The fourth-order valence-electron chi connectivity index (χ4n) is 3.78. The van der Waals surface area contributed by atoms with E-state index in [2.05, 4.69) is 38.7 Å². The van der Waals surface area contributed by atoms with Crippen molar-refractivity contribution in [2.45, 2.75) is 13.5 Å². The van der Waals surface area contributed by atoms with Gasteiger partial charge in [-0.3, -0.25) is 25.0 Å². The van der Waals surface area contributed by atoms with E-state index in [0.29, 0.717) is 42.3 Å². The number of allylic oxidation sites excluding steroid dienone is 1. The zero-order chi connectivity index (χ0) is 27.7. The normalized spacial score (nSPS) is 14.2. The largest absolute Gasteiger partial charge is 0.450 e. The number of rotatable bonds is 10. The van der Waals surface area contributed by atoms with Gasteiger partial charge in [-0.05, 0) is 43.0 Å². The zero-order valence-corrected chi connectivity index (χ0v) is 21.7. The third-order valence-corrected chi connectivity index (χ3v) is 5.79. The van der Waals surface area contributed by atoms with Crippen LogP contribution in [0.15, 0.2) is 66.7 Å². The number of nitrogens with zero attached hydrogens (tertiary/aromatic N) is 4. The Hall–Kier alpha value is -4.64. The van der Waals surface area contributed by atoms with E-state index in [1.54, 1.807) is 30.2 Å². The molecule has 2 amide bonds. The highest BCUT2D eigenvalue weighted by molar-refractivity contribution is 5.91. The molecule has 0 unspecified atom stereocenters. The molecule has 1 aliphatic rings. The first-order valence-corrected chi connectivity index (χ1v) is 12.1. The average molecular weight is 519 g/mol. The number of carbonyl (C=O) groups is 2. The molecular weight excluding hydrogens is 484 g/mol. The minimum atomic E-state index is -0.640. The number of nitrogens with one attached hydrogen (secondary N) is 2. The Bertz CT molecular complexity index is 1250. The van der Waals surface area contributed by atoms with Crippen molar-refractivity contribution in [3.63, 3.8) is 0 Å². The third kappa shape index (κ3) is 7.43. The molecule has 0 bridgehead atoms. The number of aliphatic imine (C=N–C) groups is 1. The molecular formula is C27H34N8O3. The lowest BCUT2D eigenvalue weighted by molar-refractivity contribution is -0.134. The Morgan fingerprint density at radius 1 is 1.26 bits per heavy atom. The summed E-state index contributed by atoms with van der Waals surface area (Å²) in [5, 5.41) is 5.53. The van der Waals surface area contributed by atoms with Crippen LogP contribution >= 0.6 is 0 Å². The highest BCUT2D eigenvalue weighted by Crippen LogP contribution is 2.35. The topological polar surface area (TPSA) is 151 Å². The molecule has 1 aromatic heterocycles. The predicted molar refractivity (Wildman–Crippen MR) is 151 cm³/mol. The van der Waals surface area contributed by atoms with E-state index in [-0.39, 0.29) is 18.3 Å². The molecule has 1 aromatic carbocycles. The van der Waals surface area contributed by atoms with Gasteiger partial charge in [0.25, 0.3) is 0 Å². The van der Waals surface area contributed by atoms with E-state index in [9.17, 15) is 9.59 Å². The first-order valence-electron chi connectivity index (χ1n) is 12.1. The molecule has 11 nitrogen and oxygen atoms in total. The van der Waals surface area contributed by atoms with E-state index in [4.69, 9.17) is 16.2 Å². The van der Waals surface area contributed by atoms with Crippen LogP contribution in [0.2, 0.25) is 0 Å². The van der Waals surface area contributed by atoms with E-state index in [1.165, 1.54) is 12.4 Å². The van der Waals surface area contributed by atoms with Crippen molar-refractivity contribution in [1.82, 2.24) is 20.1 Å². The Balaban J connectivity index is 1.86. The Morgan fingerprint density at radius 3 is 2.71 bits per heavy atom. The number of nitrogens with two attached hydrogens (primary N) is 2. The second-order valence-electron chi connectivity index (χ2n) is 8.61. The molecule has 1 fully saturated rings. The van der Waals surface area contributed by atoms with Crippen molar-refractivity contribution in [2.75, 3.05) is 44.3 Å². The molecule has 0 spiro atoms. The summed E-state index contributed by atoms with van der Waals surface area (Å²) in [6, 6.07) is 7.55. The maximum atomic E-state index is 12.0. The SMILES string of the molecule is C=C(NC(=O)OCC)Nc1c(N)cc(-c2ccc(CN3CCN(C)C(=O)C3)nc2)cc1C(=C)N=C/C=C\N. The molecule has 3 rings (SSSR count). The number of aromatic nitrogens is 1. The maximum Gasteiger partial charge on any atom is 0.412 e. The number of alkyl carbamates (subject to hydrolysis) is 1. The summed E-state index contributed by atoms with van der Waals surface area (Å²) in [4.78, 5) is 36.5. The number of hydrogen-bond acceptors (Lipinski definition) is 9. The van der Waals surface area contributed by atoms with Gasteiger partial charge in [0, 0.05) is 50.2 Å². The van der Waals surface area contributed by atoms with Gasteiger partial charge in [0.2, 0.25) is 5.91 Å². The van der Waals surface area contributed by atoms with Crippen molar-refractivity contribution < 1.29 is 14.3 Å². The summed E-state index contributed by atoms with van der Waals surface area (Å²) in [6.07, 6.45) is 5.57. The Labute approximate surface area is 222 Å². The molecule has 11 heteroatoms. The molecule has 6 N–H and O–H groups in total. The van der Waals surface area contributed by atoms with Crippen molar-refractivity contribution >= 4 is 35.3 Å². The standard InChI is InChI=1S/C27H34N8O3/c1-5-38-27(37)33-19(3)32-26-23(18(2)30-10-6-9-28)13-21(14-24(26)29)20-7-8-22(31-15-20)16-35-12-11-34(4)25(36)17-35/h6-10,13-15,32H,2-3,5,11-12,16-17,28-29H2,1,4H3,(H,33,37)/b9-6-,30-10?. The van der Waals surface area contributed by atoms with Crippen LogP contribution in [0.4, 0.5) is 16.2 Å². The number of ether oxygens (including phenoxy) is 1. The van der Waals surface area contributed by atoms with Crippen LogP contribution in [0.1, 0.15) is 18.2 Å². The number of pyridine rings is 1. The lowest BCUT2D eigenvalue weighted by atomic mass is 9.99. The van der Waals surface area contributed by atoms with Crippen LogP contribution < -0.4 is 22.1 Å². The lowest BCUT2D eigenvalue weighted by Crippen LogP contribution is -2.48. The second-order valence-corrected chi connectivity index (χ2v) is 8.61. The van der Waals surface area contributed by atoms with Gasteiger partial charge in [-0.25, -0.2) is 4.79 Å². The minimum Gasteiger partial charge on any atom is -0.450 e. The Kier molecular flexibility index (Phi) is 9.60. The van der Waals surface area contributed by atoms with Gasteiger partial charge < -0.3 is 26.4 Å².